The van der Waals surface area contributed by atoms with Gasteiger partial charge in [-0.05, 0) is 56.8 Å². The van der Waals surface area contributed by atoms with Gasteiger partial charge in [0, 0.05) is 6.07 Å². The Labute approximate surface area is 103 Å². The summed E-state index contributed by atoms with van der Waals surface area (Å²) >= 11 is 0. The lowest BCUT2D eigenvalue weighted by Crippen LogP contribution is -2.29. The van der Waals surface area contributed by atoms with Crippen LogP contribution in [0.3, 0.4) is 0 Å². The van der Waals surface area contributed by atoms with Crippen LogP contribution in [0.25, 0.3) is 0 Å². The standard InChI is InChI=1S/C14H21NO2/c16-13-6-1-7-14(10-13)17-9-3-5-12-4-2-8-15-11-12/h1,6-7,10,12,15-16H,2-5,8-9,11H2. The van der Waals surface area contributed by atoms with Crippen LogP contribution in [0.1, 0.15) is 25.7 Å². The molecule has 0 amide bonds. The third kappa shape index (κ3) is 4.27. The Balaban J connectivity index is 1.62. The molecule has 0 radical (unpaired) electrons. The summed E-state index contributed by atoms with van der Waals surface area (Å²) in [5, 5.41) is 12.7. The predicted molar refractivity (Wildman–Crippen MR) is 68.4 cm³/mol. The molecule has 1 heterocycles. The van der Waals surface area contributed by atoms with Crippen LogP contribution in [-0.2, 0) is 0 Å². The van der Waals surface area contributed by atoms with Crippen LogP contribution in [-0.4, -0.2) is 24.8 Å². The van der Waals surface area contributed by atoms with Gasteiger partial charge in [-0.25, -0.2) is 0 Å². The Morgan fingerprint density at radius 2 is 2.35 bits per heavy atom. The molecule has 0 aromatic heterocycles. The van der Waals surface area contributed by atoms with Gasteiger partial charge in [-0.3, -0.25) is 0 Å². The van der Waals surface area contributed by atoms with Gasteiger partial charge in [0.15, 0.2) is 0 Å². The number of phenolic OH excluding ortho intramolecular Hbond substituents is 1. The van der Waals surface area contributed by atoms with Crippen LogP contribution in [0.5, 0.6) is 11.5 Å². The van der Waals surface area contributed by atoms with E-state index in [-0.39, 0.29) is 5.75 Å². The average molecular weight is 235 g/mol. The first-order valence-electron chi connectivity index (χ1n) is 6.47. The second-order valence-corrected chi connectivity index (χ2v) is 4.70. The molecule has 3 heteroatoms. The summed E-state index contributed by atoms with van der Waals surface area (Å²) < 4.78 is 5.60. The van der Waals surface area contributed by atoms with E-state index in [9.17, 15) is 5.11 Å². The molecule has 1 aliphatic rings. The van der Waals surface area contributed by atoms with Gasteiger partial charge in [-0.1, -0.05) is 6.07 Å². The Morgan fingerprint density at radius 1 is 1.41 bits per heavy atom. The Bertz CT molecular complexity index is 335. The molecule has 94 valence electrons. The second kappa shape index (κ2) is 6.50. The summed E-state index contributed by atoms with van der Waals surface area (Å²) in [6.45, 7) is 3.07. The minimum Gasteiger partial charge on any atom is -0.508 e. The van der Waals surface area contributed by atoms with Crippen LogP contribution in [0, 0.1) is 5.92 Å². The molecule has 1 unspecified atom stereocenters. The van der Waals surface area contributed by atoms with Gasteiger partial charge in [0.25, 0.3) is 0 Å². The summed E-state index contributed by atoms with van der Waals surface area (Å²) in [5.74, 6) is 1.84. The van der Waals surface area contributed by atoms with Crippen LogP contribution < -0.4 is 10.1 Å². The highest BCUT2D eigenvalue weighted by Crippen LogP contribution is 2.19. The molecule has 3 nitrogen and oxygen atoms in total. The van der Waals surface area contributed by atoms with Crippen molar-refractivity contribution in [2.45, 2.75) is 25.7 Å². The molecule has 1 fully saturated rings. The van der Waals surface area contributed by atoms with E-state index in [4.69, 9.17) is 4.74 Å². The van der Waals surface area contributed by atoms with E-state index in [1.807, 2.05) is 6.07 Å². The van der Waals surface area contributed by atoms with E-state index in [0.29, 0.717) is 0 Å². The fourth-order valence-corrected chi connectivity index (χ4v) is 2.31. The molecule has 17 heavy (non-hydrogen) atoms. The van der Waals surface area contributed by atoms with E-state index >= 15 is 0 Å². The fraction of sp³-hybridized carbons (Fsp3) is 0.571. The highest BCUT2D eigenvalue weighted by atomic mass is 16.5. The quantitative estimate of drug-likeness (QED) is 0.771. The maximum atomic E-state index is 9.29. The second-order valence-electron chi connectivity index (χ2n) is 4.70. The topological polar surface area (TPSA) is 41.5 Å². The zero-order chi connectivity index (χ0) is 11.9. The number of nitrogens with one attached hydrogen (secondary N) is 1. The van der Waals surface area contributed by atoms with Crippen molar-refractivity contribution in [3.8, 4) is 11.5 Å². The van der Waals surface area contributed by atoms with Crippen LogP contribution in [0.2, 0.25) is 0 Å². The van der Waals surface area contributed by atoms with E-state index in [0.717, 1.165) is 31.2 Å². The highest BCUT2D eigenvalue weighted by Gasteiger charge is 2.12. The minimum absolute atomic E-state index is 0.263. The molecule has 0 saturated carbocycles. The van der Waals surface area contributed by atoms with Crippen molar-refractivity contribution in [2.75, 3.05) is 19.7 Å². The highest BCUT2D eigenvalue weighted by molar-refractivity contribution is 5.31. The summed E-state index contributed by atoms with van der Waals surface area (Å²) in [6.07, 6.45) is 4.96. The van der Waals surface area contributed by atoms with Gasteiger partial charge in [0.2, 0.25) is 0 Å². The number of hydrogen-bond acceptors (Lipinski definition) is 3. The summed E-state index contributed by atoms with van der Waals surface area (Å²) in [6, 6.07) is 6.99. The maximum Gasteiger partial charge on any atom is 0.122 e. The zero-order valence-electron chi connectivity index (χ0n) is 10.2. The lowest BCUT2D eigenvalue weighted by atomic mass is 9.95. The Kier molecular flexibility index (Phi) is 4.68. The molecule has 1 aromatic carbocycles. The SMILES string of the molecule is Oc1cccc(OCCCC2CCCNC2)c1. The number of piperidine rings is 1. The van der Waals surface area contributed by atoms with E-state index in [1.165, 1.54) is 25.8 Å². The van der Waals surface area contributed by atoms with Crippen molar-refractivity contribution in [1.82, 2.24) is 5.32 Å². The molecule has 2 rings (SSSR count). The molecule has 1 saturated heterocycles. The summed E-state index contributed by atoms with van der Waals surface area (Å²) in [7, 11) is 0. The Hall–Kier alpha value is -1.22. The summed E-state index contributed by atoms with van der Waals surface area (Å²) in [5.41, 5.74) is 0. The third-order valence-electron chi connectivity index (χ3n) is 3.24. The molecule has 0 spiro atoms. The molecule has 1 atom stereocenters. The van der Waals surface area contributed by atoms with Gasteiger partial charge in [0.05, 0.1) is 6.61 Å². The van der Waals surface area contributed by atoms with Crippen LogP contribution in [0.15, 0.2) is 24.3 Å². The Morgan fingerprint density at radius 3 is 3.12 bits per heavy atom. The molecule has 1 aliphatic heterocycles. The van der Waals surface area contributed by atoms with Gasteiger partial charge in [-0.2, -0.15) is 0 Å². The van der Waals surface area contributed by atoms with Crippen molar-refractivity contribution in [2.24, 2.45) is 5.92 Å². The van der Waals surface area contributed by atoms with Gasteiger partial charge in [0.1, 0.15) is 11.5 Å². The number of benzene rings is 1. The third-order valence-corrected chi connectivity index (χ3v) is 3.24. The van der Waals surface area contributed by atoms with Crippen molar-refractivity contribution < 1.29 is 9.84 Å². The number of aromatic hydroxyl groups is 1. The molecule has 0 aliphatic carbocycles. The molecule has 1 aromatic rings. The smallest absolute Gasteiger partial charge is 0.122 e. The van der Waals surface area contributed by atoms with Crippen molar-refractivity contribution >= 4 is 0 Å². The zero-order valence-corrected chi connectivity index (χ0v) is 10.2. The van der Waals surface area contributed by atoms with Gasteiger partial charge >= 0.3 is 0 Å². The number of phenols is 1. The molecular weight excluding hydrogens is 214 g/mol. The van der Waals surface area contributed by atoms with E-state index < -0.39 is 0 Å². The molecule has 2 N–H and O–H groups in total. The first-order chi connectivity index (χ1) is 8.34. The fourth-order valence-electron chi connectivity index (χ4n) is 2.31. The van der Waals surface area contributed by atoms with Gasteiger partial charge in [-0.15, -0.1) is 0 Å². The lowest BCUT2D eigenvalue weighted by molar-refractivity contribution is 0.274. The predicted octanol–water partition coefficient (Wildman–Crippen LogP) is 2.55. The molecule has 0 bridgehead atoms. The largest absolute Gasteiger partial charge is 0.508 e. The van der Waals surface area contributed by atoms with Crippen LogP contribution >= 0.6 is 0 Å². The first kappa shape index (κ1) is 12.2. The first-order valence-corrected chi connectivity index (χ1v) is 6.47. The minimum atomic E-state index is 0.263. The number of hydrogen-bond donors (Lipinski definition) is 2. The van der Waals surface area contributed by atoms with Crippen molar-refractivity contribution in [1.29, 1.82) is 0 Å². The number of rotatable bonds is 5. The van der Waals surface area contributed by atoms with Crippen molar-refractivity contribution in [3.63, 3.8) is 0 Å². The van der Waals surface area contributed by atoms with Gasteiger partial charge < -0.3 is 15.2 Å². The van der Waals surface area contributed by atoms with Crippen LogP contribution in [0.4, 0.5) is 0 Å². The average Bonchev–Trinajstić information content (AvgIpc) is 2.36. The van der Waals surface area contributed by atoms with E-state index in [1.54, 1.807) is 18.2 Å². The monoisotopic (exact) mass is 235 g/mol. The summed E-state index contributed by atoms with van der Waals surface area (Å²) in [4.78, 5) is 0. The lowest BCUT2D eigenvalue weighted by Gasteiger charge is -2.22. The van der Waals surface area contributed by atoms with Crippen molar-refractivity contribution in [3.05, 3.63) is 24.3 Å². The molecular formula is C14H21NO2. The normalized spacial score (nSPS) is 20.1. The number of ether oxygens (including phenoxy) is 1. The maximum absolute atomic E-state index is 9.29. The van der Waals surface area contributed by atoms with E-state index in [2.05, 4.69) is 5.32 Å².